The van der Waals surface area contributed by atoms with E-state index in [9.17, 15) is 9.59 Å². The average molecular weight is 341 g/mol. The molecule has 1 aromatic carbocycles. The lowest BCUT2D eigenvalue weighted by Crippen LogP contribution is -2.29. The number of aromatic nitrogens is 3. The highest BCUT2D eigenvalue weighted by Gasteiger charge is 2.09. The van der Waals surface area contributed by atoms with E-state index in [4.69, 9.17) is 11.6 Å². The van der Waals surface area contributed by atoms with Gasteiger partial charge in [0.25, 0.3) is 5.56 Å². The lowest BCUT2D eigenvalue weighted by molar-refractivity contribution is -0.117. The summed E-state index contributed by atoms with van der Waals surface area (Å²) in [5.41, 5.74) is 1.03. The number of carbonyl (C=O) groups is 1. The summed E-state index contributed by atoms with van der Waals surface area (Å²) in [4.78, 5) is 28.0. The van der Waals surface area contributed by atoms with Crippen LogP contribution in [-0.2, 0) is 11.3 Å². The molecule has 0 radical (unpaired) electrons. The van der Waals surface area contributed by atoms with E-state index in [1.165, 1.54) is 6.07 Å². The molecule has 6 nitrogen and oxygen atoms in total. The van der Waals surface area contributed by atoms with E-state index in [0.717, 1.165) is 10.2 Å². The van der Waals surface area contributed by atoms with Gasteiger partial charge >= 0.3 is 0 Å². The molecule has 120 valence electrons. The lowest BCUT2D eigenvalue weighted by atomic mass is 10.1. The molecule has 3 rings (SSSR count). The van der Waals surface area contributed by atoms with Gasteiger partial charge in [-0.3, -0.25) is 9.59 Å². The van der Waals surface area contributed by atoms with Gasteiger partial charge in [0.05, 0.1) is 5.69 Å². The predicted molar refractivity (Wildman–Crippen MR) is 91.8 cm³/mol. The molecule has 0 saturated carbocycles. The van der Waals surface area contributed by atoms with Crippen molar-refractivity contribution >= 4 is 23.3 Å². The minimum Gasteiger partial charge on any atom is -0.309 e. The van der Waals surface area contributed by atoms with Gasteiger partial charge in [0.15, 0.2) is 0 Å². The number of hydrogen-bond acceptors (Lipinski definition) is 4. The van der Waals surface area contributed by atoms with E-state index in [1.54, 1.807) is 54.7 Å². The molecule has 24 heavy (non-hydrogen) atoms. The van der Waals surface area contributed by atoms with Gasteiger partial charge in [-0.25, -0.2) is 9.67 Å². The molecule has 0 atom stereocenters. The standard InChI is InChI=1S/C17H13ClN4O2/c18-13-6-4-12(5-7-13)14-8-9-17(24)22(21-14)11-16(23)20-15-3-1-2-10-19-15/h1-10H,11H2,(H,19,20,23). The number of amides is 1. The van der Waals surface area contributed by atoms with Crippen molar-refractivity contribution in [1.82, 2.24) is 14.8 Å². The van der Waals surface area contributed by atoms with Gasteiger partial charge in [0.2, 0.25) is 5.91 Å². The average Bonchev–Trinajstić information content (AvgIpc) is 2.58. The first-order valence-electron chi connectivity index (χ1n) is 7.17. The van der Waals surface area contributed by atoms with Crippen molar-refractivity contribution in [3.8, 4) is 11.3 Å². The van der Waals surface area contributed by atoms with E-state index < -0.39 is 0 Å². The van der Waals surface area contributed by atoms with Crippen LogP contribution in [-0.4, -0.2) is 20.7 Å². The first-order valence-corrected chi connectivity index (χ1v) is 7.54. The first kappa shape index (κ1) is 15.9. The molecular weight excluding hydrogens is 328 g/mol. The van der Waals surface area contributed by atoms with Crippen LogP contribution in [0.4, 0.5) is 5.82 Å². The van der Waals surface area contributed by atoms with Crippen LogP contribution >= 0.6 is 11.6 Å². The summed E-state index contributed by atoms with van der Waals surface area (Å²) in [5.74, 6) is 0.0426. The summed E-state index contributed by atoms with van der Waals surface area (Å²) in [6, 6.07) is 15.2. The van der Waals surface area contributed by atoms with Crippen molar-refractivity contribution in [2.45, 2.75) is 6.54 Å². The summed E-state index contributed by atoms with van der Waals surface area (Å²) in [5, 5.41) is 7.46. The molecule has 0 aliphatic rings. The molecule has 1 amide bonds. The molecule has 7 heteroatoms. The minimum absolute atomic E-state index is 0.198. The van der Waals surface area contributed by atoms with Crippen LogP contribution in [0.2, 0.25) is 5.02 Å². The van der Waals surface area contributed by atoms with Crippen molar-refractivity contribution in [3.05, 3.63) is 76.2 Å². The van der Waals surface area contributed by atoms with E-state index >= 15 is 0 Å². The Morgan fingerprint density at radius 1 is 1.08 bits per heavy atom. The number of halogens is 1. The fourth-order valence-corrected chi connectivity index (χ4v) is 2.22. The van der Waals surface area contributed by atoms with Gasteiger partial charge in [0, 0.05) is 22.8 Å². The van der Waals surface area contributed by atoms with Crippen LogP contribution in [0.3, 0.4) is 0 Å². The zero-order chi connectivity index (χ0) is 16.9. The zero-order valence-corrected chi connectivity index (χ0v) is 13.3. The molecule has 3 aromatic rings. The Hall–Kier alpha value is -2.99. The Kier molecular flexibility index (Phi) is 4.67. The van der Waals surface area contributed by atoms with E-state index in [-0.39, 0.29) is 18.0 Å². The quantitative estimate of drug-likeness (QED) is 0.792. The largest absolute Gasteiger partial charge is 0.309 e. The molecule has 2 heterocycles. The molecule has 0 saturated heterocycles. The van der Waals surface area contributed by atoms with Crippen molar-refractivity contribution in [1.29, 1.82) is 0 Å². The fourth-order valence-electron chi connectivity index (χ4n) is 2.09. The van der Waals surface area contributed by atoms with E-state index in [2.05, 4.69) is 15.4 Å². The number of hydrogen-bond donors (Lipinski definition) is 1. The molecule has 0 spiro atoms. The van der Waals surface area contributed by atoms with Crippen molar-refractivity contribution in [2.75, 3.05) is 5.32 Å². The first-order chi connectivity index (χ1) is 11.6. The summed E-state index contributed by atoms with van der Waals surface area (Å²) in [6.07, 6.45) is 1.57. The molecule has 0 aliphatic carbocycles. The number of nitrogens with one attached hydrogen (secondary N) is 1. The Bertz CT molecular complexity index is 908. The Labute approximate surface area is 142 Å². The molecule has 1 N–H and O–H groups in total. The lowest BCUT2D eigenvalue weighted by Gasteiger charge is -2.08. The third kappa shape index (κ3) is 3.85. The van der Waals surface area contributed by atoms with Crippen LogP contribution in [0.1, 0.15) is 0 Å². The number of pyridine rings is 1. The highest BCUT2D eigenvalue weighted by atomic mass is 35.5. The van der Waals surface area contributed by atoms with Crippen molar-refractivity contribution in [2.24, 2.45) is 0 Å². The number of nitrogens with zero attached hydrogens (tertiary/aromatic N) is 3. The second-order valence-electron chi connectivity index (χ2n) is 4.98. The van der Waals surface area contributed by atoms with Crippen molar-refractivity contribution in [3.63, 3.8) is 0 Å². The molecule has 0 bridgehead atoms. The minimum atomic E-state index is -0.378. The Morgan fingerprint density at radius 2 is 1.88 bits per heavy atom. The number of anilines is 1. The topological polar surface area (TPSA) is 76.9 Å². The van der Waals surface area contributed by atoms with Crippen LogP contribution in [0, 0.1) is 0 Å². The SMILES string of the molecule is O=C(Cn1nc(-c2ccc(Cl)cc2)ccc1=O)Nc1ccccn1. The normalized spacial score (nSPS) is 10.4. The predicted octanol–water partition coefficient (Wildman–Crippen LogP) is 2.60. The van der Waals surface area contributed by atoms with Crippen LogP contribution in [0.15, 0.2) is 65.6 Å². The number of benzene rings is 1. The van der Waals surface area contributed by atoms with Gasteiger partial charge in [-0.15, -0.1) is 0 Å². The Morgan fingerprint density at radius 3 is 2.58 bits per heavy atom. The summed E-state index contributed by atoms with van der Waals surface area (Å²) in [6.45, 7) is -0.198. The zero-order valence-electron chi connectivity index (χ0n) is 12.5. The fraction of sp³-hybridized carbons (Fsp3) is 0.0588. The van der Waals surface area contributed by atoms with Crippen molar-refractivity contribution < 1.29 is 4.79 Å². The summed E-state index contributed by atoms with van der Waals surface area (Å²) in [7, 11) is 0. The number of carbonyl (C=O) groups excluding carboxylic acids is 1. The maximum absolute atomic E-state index is 12.1. The van der Waals surface area contributed by atoms with E-state index in [0.29, 0.717) is 16.5 Å². The van der Waals surface area contributed by atoms with Crippen LogP contribution in [0.5, 0.6) is 0 Å². The second-order valence-corrected chi connectivity index (χ2v) is 5.42. The highest BCUT2D eigenvalue weighted by molar-refractivity contribution is 6.30. The van der Waals surface area contributed by atoms with Crippen LogP contribution < -0.4 is 10.9 Å². The maximum Gasteiger partial charge on any atom is 0.267 e. The highest BCUT2D eigenvalue weighted by Crippen LogP contribution is 2.18. The molecule has 0 unspecified atom stereocenters. The van der Waals surface area contributed by atoms with Gasteiger partial charge in [0.1, 0.15) is 12.4 Å². The second kappa shape index (κ2) is 7.06. The number of rotatable bonds is 4. The Balaban J connectivity index is 1.80. The van der Waals surface area contributed by atoms with Gasteiger partial charge in [-0.2, -0.15) is 5.10 Å². The molecular formula is C17H13ClN4O2. The molecule has 0 fully saturated rings. The van der Waals surface area contributed by atoms with Gasteiger partial charge in [-0.1, -0.05) is 29.8 Å². The summed E-state index contributed by atoms with van der Waals surface area (Å²) >= 11 is 5.87. The third-order valence-corrected chi connectivity index (χ3v) is 3.48. The third-order valence-electron chi connectivity index (χ3n) is 3.23. The monoisotopic (exact) mass is 340 g/mol. The van der Waals surface area contributed by atoms with E-state index in [1.807, 2.05) is 0 Å². The van der Waals surface area contributed by atoms with Crippen LogP contribution in [0.25, 0.3) is 11.3 Å². The van der Waals surface area contributed by atoms with Gasteiger partial charge < -0.3 is 5.32 Å². The molecule has 2 aromatic heterocycles. The smallest absolute Gasteiger partial charge is 0.267 e. The maximum atomic E-state index is 12.1. The molecule has 0 aliphatic heterocycles. The summed E-state index contributed by atoms with van der Waals surface area (Å²) < 4.78 is 1.11. The van der Waals surface area contributed by atoms with Gasteiger partial charge in [-0.05, 0) is 30.3 Å².